The molecule has 1 aliphatic rings. The van der Waals surface area contributed by atoms with Crippen molar-refractivity contribution in [2.45, 2.75) is 38.7 Å². The molecule has 188 valence electrons. The number of ether oxygens (including phenoxy) is 3. The molecule has 0 aliphatic carbocycles. The highest BCUT2D eigenvalue weighted by Crippen LogP contribution is 2.36. The summed E-state index contributed by atoms with van der Waals surface area (Å²) >= 11 is 0. The van der Waals surface area contributed by atoms with Crippen LogP contribution in [0.1, 0.15) is 41.9 Å². The van der Waals surface area contributed by atoms with Crippen LogP contribution in [0.15, 0.2) is 54.6 Å². The lowest BCUT2D eigenvalue weighted by atomic mass is 9.75. The number of carbonyl (C=O) groups excluding carboxylic acids is 3. The van der Waals surface area contributed by atoms with Gasteiger partial charge in [0.05, 0.1) is 33.4 Å². The predicted molar refractivity (Wildman–Crippen MR) is 131 cm³/mol. The van der Waals surface area contributed by atoms with Gasteiger partial charge in [-0.05, 0) is 42.9 Å². The molecular formula is C28H35NO6. The van der Waals surface area contributed by atoms with E-state index >= 15 is 0 Å². The molecule has 7 nitrogen and oxygen atoms in total. The maximum absolute atomic E-state index is 14.0. The standard InChI is InChI=1S/C28H35NO6/c1-20-12-8-9-15-22(20)24(26(30)29-16-10-5-11-17-29)23(25(27(31)33-2)28(32)34-3)19-35-18-21-13-6-4-7-14-21/h4,6-9,12-15,23-25H,5,10-11,16-19H2,1-3H3. The van der Waals surface area contributed by atoms with E-state index in [-0.39, 0.29) is 19.1 Å². The van der Waals surface area contributed by atoms with E-state index in [9.17, 15) is 14.4 Å². The second kappa shape index (κ2) is 13.0. The van der Waals surface area contributed by atoms with Gasteiger partial charge in [0.25, 0.3) is 0 Å². The van der Waals surface area contributed by atoms with Gasteiger partial charge < -0.3 is 19.1 Å². The third-order valence-corrected chi connectivity index (χ3v) is 6.65. The van der Waals surface area contributed by atoms with Crippen molar-refractivity contribution < 1.29 is 28.6 Å². The summed E-state index contributed by atoms with van der Waals surface area (Å²) in [7, 11) is 2.46. The van der Waals surface area contributed by atoms with E-state index in [2.05, 4.69) is 0 Å². The van der Waals surface area contributed by atoms with E-state index in [1.165, 1.54) is 14.2 Å². The second-order valence-electron chi connectivity index (χ2n) is 8.91. The Morgan fingerprint density at radius 3 is 2.06 bits per heavy atom. The number of benzene rings is 2. The summed E-state index contributed by atoms with van der Waals surface area (Å²) in [6, 6.07) is 17.2. The highest BCUT2D eigenvalue weighted by atomic mass is 16.5. The van der Waals surface area contributed by atoms with Crippen molar-refractivity contribution in [3.63, 3.8) is 0 Å². The highest BCUT2D eigenvalue weighted by molar-refractivity contribution is 5.97. The summed E-state index contributed by atoms with van der Waals surface area (Å²) in [5.41, 5.74) is 2.63. The van der Waals surface area contributed by atoms with Crippen LogP contribution >= 0.6 is 0 Å². The quantitative estimate of drug-likeness (QED) is 0.378. The Hall–Kier alpha value is -3.19. The monoisotopic (exact) mass is 481 g/mol. The molecule has 3 rings (SSSR count). The molecular weight excluding hydrogens is 446 g/mol. The first kappa shape index (κ1) is 26.4. The van der Waals surface area contributed by atoms with Gasteiger partial charge in [0.2, 0.25) is 5.91 Å². The normalized spacial score (nSPS) is 15.4. The fourth-order valence-corrected chi connectivity index (χ4v) is 4.77. The van der Waals surface area contributed by atoms with Gasteiger partial charge in [-0.2, -0.15) is 0 Å². The lowest BCUT2D eigenvalue weighted by Gasteiger charge is -2.36. The van der Waals surface area contributed by atoms with Crippen molar-refractivity contribution in [3.8, 4) is 0 Å². The Bertz CT molecular complexity index is 970. The molecule has 2 aromatic carbocycles. The Kier molecular flexibility index (Phi) is 9.85. The van der Waals surface area contributed by atoms with Crippen molar-refractivity contribution in [3.05, 3.63) is 71.3 Å². The van der Waals surface area contributed by atoms with Gasteiger partial charge in [0.15, 0.2) is 5.92 Å². The van der Waals surface area contributed by atoms with Gasteiger partial charge in [-0.25, -0.2) is 0 Å². The van der Waals surface area contributed by atoms with Gasteiger partial charge in [-0.3, -0.25) is 14.4 Å². The first-order valence-electron chi connectivity index (χ1n) is 12.1. The van der Waals surface area contributed by atoms with Crippen LogP contribution in [0.5, 0.6) is 0 Å². The summed E-state index contributed by atoms with van der Waals surface area (Å²) in [6.45, 7) is 3.52. The van der Waals surface area contributed by atoms with Gasteiger partial charge in [0.1, 0.15) is 0 Å². The summed E-state index contributed by atoms with van der Waals surface area (Å²) in [4.78, 5) is 41.7. The van der Waals surface area contributed by atoms with Crippen LogP contribution in [0.2, 0.25) is 0 Å². The molecule has 2 atom stereocenters. The molecule has 0 N–H and O–H groups in total. The molecule has 1 fully saturated rings. The minimum atomic E-state index is -1.31. The number of esters is 2. The molecule has 7 heteroatoms. The topological polar surface area (TPSA) is 82.1 Å². The van der Waals surface area contributed by atoms with E-state index in [0.717, 1.165) is 36.0 Å². The molecule has 0 aromatic heterocycles. The maximum atomic E-state index is 14.0. The third kappa shape index (κ3) is 6.69. The summed E-state index contributed by atoms with van der Waals surface area (Å²) in [6.07, 6.45) is 2.94. The minimum Gasteiger partial charge on any atom is -0.468 e. The molecule has 2 unspecified atom stereocenters. The van der Waals surface area contributed by atoms with Crippen molar-refractivity contribution in [1.82, 2.24) is 4.90 Å². The number of methoxy groups -OCH3 is 2. The van der Waals surface area contributed by atoms with E-state index in [0.29, 0.717) is 13.1 Å². The smallest absolute Gasteiger partial charge is 0.320 e. The molecule has 0 spiro atoms. The predicted octanol–water partition coefficient (Wildman–Crippen LogP) is 3.89. The van der Waals surface area contributed by atoms with E-state index in [1.54, 1.807) is 0 Å². The number of likely N-dealkylation sites (tertiary alicyclic amines) is 1. The first-order chi connectivity index (χ1) is 17.0. The Morgan fingerprint density at radius 1 is 0.857 bits per heavy atom. The molecule has 1 aliphatic heterocycles. The van der Waals surface area contributed by atoms with Crippen LogP contribution in [-0.4, -0.2) is 56.7 Å². The number of nitrogens with zero attached hydrogens (tertiary/aromatic N) is 1. The zero-order valence-corrected chi connectivity index (χ0v) is 20.8. The van der Waals surface area contributed by atoms with E-state index in [1.807, 2.05) is 66.4 Å². The van der Waals surface area contributed by atoms with Crippen molar-refractivity contribution >= 4 is 17.8 Å². The maximum Gasteiger partial charge on any atom is 0.320 e. The van der Waals surface area contributed by atoms with Crippen LogP contribution in [0, 0.1) is 18.8 Å². The lowest BCUT2D eigenvalue weighted by molar-refractivity contribution is -0.164. The van der Waals surface area contributed by atoms with Crippen LogP contribution in [0.4, 0.5) is 0 Å². The van der Waals surface area contributed by atoms with Gasteiger partial charge in [0, 0.05) is 19.0 Å². The van der Waals surface area contributed by atoms with Crippen LogP contribution in [0.25, 0.3) is 0 Å². The number of aryl methyl sites for hydroxylation is 1. The van der Waals surface area contributed by atoms with Crippen LogP contribution < -0.4 is 0 Å². The Labute approximate surface area is 207 Å². The number of rotatable bonds is 10. The number of hydrogen-bond acceptors (Lipinski definition) is 6. The molecule has 0 saturated carbocycles. The zero-order chi connectivity index (χ0) is 25.2. The number of hydrogen-bond donors (Lipinski definition) is 0. The largest absolute Gasteiger partial charge is 0.468 e. The molecule has 2 aromatic rings. The molecule has 0 radical (unpaired) electrons. The van der Waals surface area contributed by atoms with Crippen molar-refractivity contribution in [1.29, 1.82) is 0 Å². The fourth-order valence-electron chi connectivity index (χ4n) is 4.77. The van der Waals surface area contributed by atoms with Crippen molar-refractivity contribution in [2.24, 2.45) is 11.8 Å². The number of piperidine rings is 1. The summed E-state index contributed by atoms with van der Waals surface area (Å²) in [5, 5.41) is 0. The number of amides is 1. The highest BCUT2D eigenvalue weighted by Gasteiger charge is 2.46. The van der Waals surface area contributed by atoms with Gasteiger partial charge >= 0.3 is 11.9 Å². The summed E-state index contributed by atoms with van der Waals surface area (Å²) < 4.78 is 16.1. The average Bonchev–Trinajstić information content (AvgIpc) is 2.90. The van der Waals surface area contributed by atoms with E-state index < -0.39 is 29.7 Å². The molecule has 0 bridgehead atoms. The lowest BCUT2D eigenvalue weighted by Crippen LogP contribution is -2.46. The van der Waals surface area contributed by atoms with Gasteiger partial charge in [-0.15, -0.1) is 0 Å². The number of carbonyl (C=O) groups is 3. The molecule has 35 heavy (non-hydrogen) atoms. The zero-order valence-electron chi connectivity index (χ0n) is 20.8. The first-order valence-corrected chi connectivity index (χ1v) is 12.1. The molecule has 1 saturated heterocycles. The van der Waals surface area contributed by atoms with Crippen molar-refractivity contribution in [2.75, 3.05) is 33.9 Å². The Morgan fingerprint density at radius 2 is 1.46 bits per heavy atom. The SMILES string of the molecule is COC(=O)C(C(=O)OC)C(COCc1ccccc1)C(C(=O)N1CCCCC1)c1ccccc1C. The second-order valence-corrected chi connectivity index (χ2v) is 8.91. The average molecular weight is 482 g/mol. The Balaban J connectivity index is 2.03. The molecule has 1 amide bonds. The molecule has 1 heterocycles. The van der Waals surface area contributed by atoms with E-state index in [4.69, 9.17) is 14.2 Å². The van der Waals surface area contributed by atoms with Crippen LogP contribution in [-0.2, 0) is 35.2 Å². The van der Waals surface area contributed by atoms with Crippen LogP contribution in [0.3, 0.4) is 0 Å². The summed E-state index contributed by atoms with van der Waals surface area (Å²) in [5.74, 6) is -4.47. The fraction of sp³-hybridized carbons (Fsp3) is 0.464. The minimum absolute atomic E-state index is 0.00232. The van der Waals surface area contributed by atoms with Gasteiger partial charge in [-0.1, -0.05) is 54.6 Å². The third-order valence-electron chi connectivity index (χ3n) is 6.65.